The van der Waals surface area contributed by atoms with E-state index in [1.54, 1.807) is 18.2 Å². The molecule has 0 radical (unpaired) electrons. The normalized spacial score (nSPS) is 10.1. The average molecular weight is 219 g/mol. The van der Waals surface area contributed by atoms with Gasteiger partial charge in [0.2, 0.25) is 0 Å². The first-order chi connectivity index (χ1) is 7.76. The molecule has 0 atom stereocenters. The van der Waals surface area contributed by atoms with E-state index in [-0.39, 0.29) is 6.61 Å². The Balaban J connectivity index is 3.32. The maximum Gasteiger partial charge on any atom is 0.130 e. The van der Waals surface area contributed by atoms with Crippen LogP contribution in [0, 0.1) is 11.3 Å². The van der Waals surface area contributed by atoms with E-state index >= 15 is 0 Å². The minimum absolute atomic E-state index is 0.0883. The first-order valence-corrected chi connectivity index (χ1v) is 4.68. The highest BCUT2D eigenvalue weighted by molar-refractivity contribution is 5.66. The van der Waals surface area contributed by atoms with Crippen LogP contribution in [-0.2, 0) is 6.61 Å². The van der Waals surface area contributed by atoms with Crippen LogP contribution in [-0.4, -0.2) is 19.3 Å². The van der Waals surface area contributed by atoms with E-state index in [0.717, 1.165) is 0 Å². The van der Waals surface area contributed by atoms with E-state index in [1.807, 2.05) is 6.07 Å². The lowest BCUT2D eigenvalue weighted by Crippen LogP contribution is -1.95. The van der Waals surface area contributed by atoms with Gasteiger partial charge in [0, 0.05) is 6.08 Å². The van der Waals surface area contributed by atoms with Gasteiger partial charge in [-0.3, -0.25) is 0 Å². The van der Waals surface area contributed by atoms with Gasteiger partial charge >= 0.3 is 0 Å². The smallest absolute Gasteiger partial charge is 0.130 e. The van der Waals surface area contributed by atoms with E-state index in [4.69, 9.17) is 19.8 Å². The molecule has 1 rings (SSSR count). The number of ether oxygens (including phenoxy) is 2. The SMILES string of the molecule is COc1cc(CO)cc(OC)c1C=CC#N. The third-order valence-electron chi connectivity index (χ3n) is 2.11. The summed E-state index contributed by atoms with van der Waals surface area (Å²) in [7, 11) is 3.05. The second kappa shape index (κ2) is 5.79. The van der Waals surface area contributed by atoms with Crippen molar-refractivity contribution in [1.29, 1.82) is 5.26 Å². The number of hydrogen-bond donors (Lipinski definition) is 1. The molecular formula is C12H13NO3. The molecule has 16 heavy (non-hydrogen) atoms. The number of benzene rings is 1. The van der Waals surface area contributed by atoms with E-state index < -0.39 is 0 Å². The van der Waals surface area contributed by atoms with Gasteiger partial charge in [0.1, 0.15) is 11.5 Å². The predicted octanol–water partition coefficient (Wildman–Crippen LogP) is 1.73. The highest BCUT2D eigenvalue weighted by Gasteiger charge is 2.09. The van der Waals surface area contributed by atoms with Crippen molar-refractivity contribution in [2.24, 2.45) is 0 Å². The van der Waals surface area contributed by atoms with E-state index in [1.165, 1.54) is 20.3 Å². The van der Waals surface area contributed by atoms with Crippen molar-refractivity contribution >= 4 is 6.08 Å². The molecule has 1 aromatic rings. The number of aliphatic hydroxyl groups is 1. The van der Waals surface area contributed by atoms with Crippen LogP contribution in [0.4, 0.5) is 0 Å². The minimum atomic E-state index is -0.0883. The zero-order valence-corrected chi connectivity index (χ0v) is 9.23. The fourth-order valence-electron chi connectivity index (χ4n) is 1.37. The summed E-state index contributed by atoms with van der Waals surface area (Å²) < 4.78 is 10.4. The fourth-order valence-corrected chi connectivity index (χ4v) is 1.37. The van der Waals surface area contributed by atoms with Crippen LogP contribution in [0.3, 0.4) is 0 Å². The number of rotatable bonds is 4. The van der Waals surface area contributed by atoms with Crippen LogP contribution < -0.4 is 9.47 Å². The fraction of sp³-hybridized carbons (Fsp3) is 0.250. The Morgan fingerprint density at radius 2 is 1.88 bits per heavy atom. The van der Waals surface area contributed by atoms with Crippen molar-refractivity contribution < 1.29 is 14.6 Å². The molecule has 0 saturated heterocycles. The van der Waals surface area contributed by atoms with Crippen molar-refractivity contribution in [3.05, 3.63) is 29.3 Å². The van der Waals surface area contributed by atoms with Crippen molar-refractivity contribution in [3.8, 4) is 17.6 Å². The lowest BCUT2D eigenvalue weighted by atomic mass is 10.1. The molecule has 0 spiro atoms. The molecule has 0 heterocycles. The standard InChI is InChI=1S/C12H13NO3/c1-15-11-6-9(8-14)7-12(16-2)10(11)4-3-5-13/h3-4,6-7,14H,8H2,1-2H3. The Hall–Kier alpha value is -1.99. The summed E-state index contributed by atoms with van der Waals surface area (Å²) in [5, 5.41) is 17.6. The Morgan fingerprint density at radius 3 is 2.25 bits per heavy atom. The summed E-state index contributed by atoms with van der Waals surface area (Å²) in [6, 6.07) is 5.32. The zero-order valence-electron chi connectivity index (χ0n) is 9.23. The molecule has 0 unspecified atom stereocenters. The van der Waals surface area contributed by atoms with Gasteiger partial charge in [0.15, 0.2) is 0 Å². The molecular weight excluding hydrogens is 206 g/mol. The zero-order chi connectivity index (χ0) is 12.0. The molecule has 0 aliphatic rings. The van der Waals surface area contributed by atoms with E-state index in [2.05, 4.69) is 0 Å². The van der Waals surface area contributed by atoms with Crippen LogP contribution in [0.1, 0.15) is 11.1 Å². The molecule has 0 aliphatic heterocycles. The van der Waals surface area contributed by atoms with Gasteiger partial charge in [0.25, 0.3) is 0 Å². The van der Waals surface area contributed by atoms with Gasteiger partial charge in [-0.05, 0) is 23.8 Å². The van der Waals surface area contributed by atoms with Gasteiger partial charge in [-0.25, -0.2) is 0 Å². The summed E-state index contributed by atoms with van der Waals surface area (Å²) in [6.45, 7) is -0.0883. The maximum absolute atomic E-state index is 9.06. The summed E-state index contributed by atoms with van der Waals surface area (Å²) in [6.07, 6.45) is 2.96. The first-order valence-electron chi connectivity index (χ1n) is 4.68. The molecule has 0 amide bonds. The molecule has 0 aliphatic carbocycles. The first kappa shape index (κ1) is 12.1. The second-order valence-electron chi connectivity index (χ2n) is 3.03. The number of methoxy groups -OCH3 is 2. The average Bonchev–Trinajstić information content (AvgIpc) is 2.35. The summed E-state index contributed by atoms with van der Waals surface area (Å²) >= 11 is 0. The summed E-state index contributed by atoms with van der Waals surface area (Å²) in [5.41, 5.74) is 1.38. The van der Waals surface area contributed by atoms with Crippen molar-refractivity contribution in [1.82, 2.24) is 0 Å². The largest absolute Gasteiger partial charge is 0.496 e. The lowest BCUT2D eigenvalue weighted by molar-refractivity contribution is 0.280. The molecule has 1 N–H and O–H groups in total. The quantitative estimate of drug-likeness (QED) is 0.783. The maximum atomic E-state index is 9.06. The summed E-state index contributed by atoms with van der Waals surface area (Å²) in [5.74, 6) is 1.13. The van der Waals surface area contributed by atoms with Gasteiger partial charge in [-0.1, -0.05) is 0 Å². The van der Waals surface area contributed by atoms with Crippen LogP contribution in [0.2, 0.25) is 0 Å². The molecule has 4 nitrogen and oxygen atoms in total. The van der Waals surface area contributed by atoms with Gasteiger partial charge < -0.3 is 14.6 Å². The number of allylic oxidation sites excluding steroid dienone is 1. The highest BCUT2D eigenvalue weighted by atomic mass is 16.5. The third kappa shape index (κ3) is 2.53. The summed E-state index contributed by atoms with van der Waals surface area (Å²) in [4.78, 5) is 0. The number of aliphatic hydroxyl groups excluding tert-OH is 1. The number of nitrogens with zero attached hydrogens (tertiary/aromatic N) is 1. The van der Waals surface area contributed by atoms with Crippen molar-refractivity contribution in [3.63, 3.8) is 0 Å². The molecule has 0 bridgehead atoms. The molecule has 1 aromatic carbocycles. The predicted molar refractivity (Wildman–Crippen MR) is 60.1 cm³/mol. The molecule has 0 fully saturated rings. The minimum Gasteiger partial charge on any atom is -0.496 e. The van der Waals surface area contributed by atoms with E-state index in [9.17, 15) is 0 Å². The monoisotopic (exact) mass is 219 g/mol. The number of nitriles is 1. The van der Waals surface area contributed by atoms with Gasteiger partial charge in [-0.15, -0.1) is 0 Å². The Morgan fingerprint density at radius 1 is 1.31 bits per heavy atom. The highest BCUT2D eigenvalue weighted by Crippen LogP contribution is 2.31. The topological polar surface area (TPSA) is 62.5 Å². The van der Waals surface area contributed by atoms with Gasteiger partial charge in [-0.2, -0.15) is 5.26 Å². The van der Waals surface area contributed by atoms with Crippen molar-refractivity contribution in [2.45, 2.75) is 6.61 Å². The van der Waals surface area contributed by atoms with Crippen molar-refractivity contribution in [2.75, 3.05) is 14.2 Å². The molecule has 4 heteroatoms. The van der Waals surface area contributed by atoms with Crippen LogP contribution in [0.25, 0.3) is 6.08 Å². The van der Waals surface area contributed by atoms with Crippen LogP contribution in [0.5, 0.6) is 11.5 Å². The number of hydrogen-bond acceptors (Lipinski definition) is 4. The van der Waals surface area contributed by atoms with Crippen LogP contribution in [0.15, 0.2) is 18.2 Å². The second-order valence-corrected chi connectivity index (χ2v) is 3.03. The Labute approximate surface area is 94.3 Å². The molecule has 0 aromatic heterocycles. The lowest BCUT2D eigenvalue weighted by Gasteiger charge is -2.11. The third-order valence-corrected chi connectivity index (χ3v) is 2.11. The Bertz CT molecular complexity index is 407. The van der Waals surface area contributed by atoms with Crippen LogP contribution >= 0.6 is 0 Å². The molecule has 84 valence electrons. The Kier molecular flexibility index (Phi) is 4.37. The van der Waals surface area contributed by atoms with E-state index in [0.29, 0.717) is 22.6 Å². The molecule has 0 saturated carbocycles. The van der Waals surface area contributed by atoms with Gasteiger partial charge in [0.05, 0.1) is 32.5 Å².